The van der Waals surface area contributed by atoms with E-state index in [4.69, 9.17) is 4.74 Å². The van der Waals surface area contributed by atoms with Gasteiger partial charge in [-0.05, 0) is 61.9 Å². The Morgan fingerprint density at radius 1 is 1.03 bits per heavy atom. The number of aliphatic hydroxyl groups is 1. The number of nitrogens with one attached hydrogen (secondary N) is 2. The zero-order valence-electron chi connectivity index (χ0n) is 20.3. The van der Waals surface area contributed by atoms with E-state index in [0.717, 1.165) is 18.4 Å². The average Bonchev–Trinajstić information content (AvgIpc) is 3.68. The summed E-state index contributed by atoms with van der Waals surface area (Å²) < 4.78 is 6.13. The second kappa shape index (κ2) is 10.4. The van der Waals surface area contributed by atoms with Gasteiger partial charge in [0.25, 0.3) is 5.91 Å². The number of rotatable bonds is 7. The monoisotopic (exact) mass is 491 g/mol. The van der Waals surface area contributed by atoms with Gasteiger partial charge in [0, 0.05) is 36.7 Å². The fourth-order valence-corrected chi connectivity index (χ4v) is 5.10. The molecule has 3 N–H and O–H groups in total. The third-order valence-corrected chi connectivity index (χ3v) is 7.44. The van der Waals surface area contributed by atoms with E-state index in [0.29, 0.717) is 50.2 Å². The van der Waals surface area contributed by atoms with E-state index >= 15 is 0 Å². The van der Waals surface area contributed by atoms with E-state index < -0.39 is 6.10 Å². The number of hydrogen-bond acceptors (Lipinski definition) is 5. The van der Waals surface area contributed by atoms with Crippen LogP contribution in [0.1, 0.15) is 48.0 Å². The lowest BCUT2D eigenvalue weighted by Gasteiger charge is -2.38. The molecule has 36 heavy (non-hydrogen) atoms. The Bertz CT molecular complexity index is 1090. The number of benzene rings is 2. The summed E-state index contributed by atoms with van der Waals surface area (Å²) >= 11 is 0. The Balaban J connectivity index is 1.08. The molecule has 0 aromatic heterocycles. The molecule has 3 aliphatic rings. The molecular formula is C28H33N3O5. The van der Waals surface area contributed by atoms with E-state index in [1.54, 1.807) is 24.3 Å². The molecule has 0 unspecified atom stereocenters. The summed E-state index contributed by atoms with van der Waals surface area (Å²) in [6.45, 7) is 1.57. The highest BCUT2D eigenvalue weighted by Gasteiger charge is 2.44. The van der Waals surface area contributed by atoms with E-state index in [-0.39, 0.29) is 41.7 Å². The zero-order chi connectivity index (χ0) is 25.1. The number of anilines is 1. The smallest absolute Gasteiger partial charge is 0.253 e. The molecule has 190 valence electrons. The molecule has 3 amide bonds. The van der Waals surface area contributed by atoms with Crippen LogP contribution in [0.4, 0.5) is 5.69 Å². The fraction of sp³-hybridized carbons (Fsp3) is 0.464. The molecule has 5 rings (SSSR count). The Kier molecular flexibility index (Phi) is 7.07. The Labute approximate surface area is 211 Å². The van der Waals surface area contributed by atoms with Crippen molar-refractivity contribution in [3.63, 3.8) is 0 Å². The minimum Gasteiger partial charge on any atom is -0.383 e. The van der Waals surface area contributed by atoms with E-state index in [1.807, 2.05) is 35.2 Å². The van der Waals surface area contributed by atoms with Crippen molar-refractivity contribution in [2.24, 2.45) is 5.92 Å². The van der Waals surface area contributed by atoms with Crippen molar-refractivity contribution < 1.29 is 24.2 Å². The molecule has 2 saturated heterocycles. The molecule has 8 nitrogen and oxygen atoms in total. The van der Waals surface area contributed by atoms with Crippen LogP contribution in [0.2, 0.25) is 0 Å². The van der Waals surface area contributed by atoms with Crippen molar-refractivity contribution in [3.05, 3.63) is 65.7 Å². The van der Waals surface area contributed by atoms with Crippen LogP contribution in [-0.2, 0) is 20.7 Å². The number of piperidine rings is 1. The molecule has 0 bridgehead atoms. The number of ether oxygens (including phenoxy) is 1. The number of carbonyl (C=O) groups excluding carboxylic acids is 3. The van der Waals surface area contributed by atoms with Gasteiger partial charge in [-0.1, -0.05) is 30.3 Å². The van der Waals surface area contributed by atoms with Crippen molar-refractivity contribution in [2.45, 2.75) is 56.3 Å². The fourth-order valence-electron chi connectivity index (χ4n) is 5.10. The summed E-state index contributed by atoms with van der Waals surface area (Å²) in [6.07, 6.45) is 3.15. The predicted octanol–water partition coefficient (Wildman–Crippen LogP) is 2.52. The van der Waals surface area contributed by atoms with Crippen LogP contribution in [0, 0.1) is 5.92 Å². The molecule has 1 spiro atoms. The van der Waals surface area contributed by atoms with Gasteiger partial charge in [0.1, 0.15) is 6.10 Å². The van der Waals surface area contributed by atoms with Gasteiger partial charge < -0.3 is 25.4 Å². The molecule has 2 aliphatic heterocycles. The molecule has 3 fully saturated rings. The van der Waals surface area contributed by atoms with Crippen LogP contribution in [0.5, 0.6) is 0 Å². The summed E-state index contributed by atoms with van der Waals surface area (Å²) in [5.74, 6) is -0.227. The minimum absolute atomic E-state index is 0.0307. The zero-order valence-corrected chi connectivity index (χ0v) is 20.3. The Hall–Kier alpha value is -3.23. The number of hydrogen-bond donors (Lipinski definition) is 3. The van der Waals surface area contributed by atoms with Crippen LogP contribution < -0.4 is 10.6 Å². The van der Waals surface area contributed by atoms with Crippen molar-refractivity contribution in [3.8, 4) is 0 Å². The first-order valence-electron chi connectivity index (χ1n) is 12.8. The summed E-state index contributed by atoms with van der Waals surface area (Å²) in [7, 11) is 0. The van der Waals surface area contributed by atoms with E-state index in [2.05, 4.69) is 10.6 Å². The Morgan fingerprint density at radius 3 is 2.39 bits per heavy atom. The van der Waals surface area contributed by atoms with Crippen LogP contribution in [0.15, 0.2) is 54.6 Å². The summed E-state index contributed by atoms with van der Waals surface area (Å²) in [5, 5.41) is 16.1. The molecule has 2 aromatic carbocycles. The average molecular weight is 492 g/mol. The lowest BCUT2D eigenvalue weighted by Crippen LogP contribution is -2.47. The maximum absolute atomic E-state index is 13.0. The maximum atomic E-state index is 13.0. The minimum atomic E-state index is -1.10. The second-order valence-electron chi connectivity index (χ2n) is 10.2. The normalized spacial score (nSPS) is 21.7. The number of carbonyl (C=O) groups is 3. The van der Waals surface area contributed by atoms with E-state index in [1.165, 1.54) is 0 Å². The van der Waals surface area contributed by atoms with Crippen LogP contribution in [0.3, 0.4) is 0 Å². The molecular weight excluding hydrogens is 458 g/mol. The van der Waals surface area contributed by atoms with Crippen molar-refractivity contribution in [1.29, 1.82) is 0 Å². The van der Waals surface area contributed by atoms with Gasteiger partial charge in [-0.15, -0.1) is 0 Å². The van der Waals surface area contributed by atoms with Crippen molar-refractivity contribution in [2.75, 3.05) is 25.0 Å². The highest BCUT2D eigenvalue weighted by atomic mass is 16.5. The van der Waals surface area contributed by atoms with Crippen molar-refractivity contribution >= 4 is 23.4 Å². The molecule has 8 heteroatoms. The molecule has 2 aromatic rings. The summed E-state index contributed by atoms with van der Waals surface area (Å²) in [5.41, 5.74) is 1.87. The molecule has 1 aliphatic carbocycles. The second-order valence-corrected chi connectivity index (χ2v) is 10.2. The van der Waals surface area contributed by atoms with Gasteiger partial charge in [0.15, 0.2) is 0 Å². The molecule has 1 saturated carbocycles. The SMILES string of the molecule is O=C(Nc1ccc(C(=O)N2CCC3(CC2)C[C@@H](NC(=O)[C@@H](O)Cc2ccccc2)CO3)cc1)C1CC1. The molecule has 2 heterocycles. The lowest BCUT2D eigenvalue weighted by molar-refractivity contribution is -0.130. The van der Waals surface area contributed by atoms with Gasteiger partial charge in [-0.2, -0.15) is 0 Å². The number of likely N-dealkylation sites (tertiary alicyclic amines) is 1. The molecule has 2 atom stereocenters. The highest BCUT2D eigenvalue weighted by Crippen LogP contribution is 2.36. The van der Waals surface area contributed by atoms with Crippen molar-refractivity contribution in [1.82, 2.24) is 10.2 Å². The summed E-state index contributed by atoms with van der Waals surface area (Å²) in [4.78, 5) is 39.3. The molecule has 0 radical (unpaired) electrons. The van der Waals surface area contributed by atoms with Gasteiger partial charge >= 0.3 is 0 Å². The topological polar surface area (TPSA) is 108 Å². The third-order valence-electron chi connectivity index (χ3n) is 7.44. The largest absolute Gasteiger partial charge is 0.383 e. The van der Waals surface area contributed by atoms with Crippen LogP contribution >= 0.6 is 0 Å². The van der Waals surface area contributed by atoms with Crippen LogP contribution in [-0.4, -0.2) is 65.2 Å². The number of nitrogens with zero attached hydrogens (tertiary/aromatic N) is 1. The third kappa shape index (κ3) is 5.77. The number of aliphatic hydroxyl groups excluding tert-OH is 1. The quantitative estimate of drug-likeness (QED) is 0.552. The maximum Gasteiger partial charge on any atom is 0.253 e. The van der Waals surface area contributed by atoms with E-state index in [9.17, 15) is 19.5 Å². The number of amides is 3. The summed E-state index contributed by atoms with van der Waals surface area (Å²) in [6, 6.07) is 16.4. The van der Waals surface area contributed by atoms with Gasteiger partial charge in [0.05, 0.1) is 18.2 Å². The van der Waals surface area contributed by atoms with Gasteiger partial charge in [0.2, 0.25) is 11.8 Å². The van der Waals surface area contributed by atoms with Crippen LogP contribution in [0.25, 0.3) is 0 Å². The van der Waals surface area contributed by atoms with Gasteiger partial charge in [-0.3, -0.25) is 14.4 Å². The lowest BCUT2D eigenvalue weighted by atomic mass is 9.87. The first-order valence-corrected chi connectivity index (χ1v) is 12.8. The Morgan fingerprint density at radius 2 is 1.72 bits per heavy atom. The standard InChI is InChI=1S/C28H33N3O5/c32-24(16-19-4-2-1-3-5-19)26(34)30-23-17-28(36-18-23)12-14-31(15-13-28)27(35)21-8-10-22(11-9-21)29-25(33)20-6-7-20/h1-5,8-11,20,23-24,32H,6-7,12-18H2,(H,29,33)(H,30,34)/t23-,24+/m1/s1. The highest BCUT2D eigenvalue weighted by molar-refractivity contribution is 5.96. The van der Waals surface area contributed by atoms with Gasteiger partial charge in [-0.25, -0.2) is 0 Å². The first-order chi connectivity index (χ1) is 17.4. The predicted molar refractivity (Wildman–Crippen MR) is 134 cm³/mol. The first kappa shape index (κ1) is 24.5.